The predicted octanol–water partition coefficient (Wildman–Crippen LogP) is 14.5. The van der Waals surface area contributed by atoms with Gasteiger partial charge in [0.25, 0.3) is 0 Å². The molecule has 0 radical (unpaired) electrons. The number of fused-ring (bicyclic) bond motifs is 9. The molecule has 1 aliphatic heterocycles. The van der Waals surface area contributed by atoms with Gasteiger partial charge in [-0.05, 0) is 92.0 Å². The van der Waals surface area contributed by atoms with Crippen molar-refractivity contribution in [3.05, 3.63) is 211 Å². The molecule has 4 nitrogen and oxygen atoms in total. The van der Waals surface area contributed by atoms with Crippen LogP contribution in [-0.2, 0) is 5.41 Å². The number of benzene rings is 7. The summed E-state index contributed by atoms with van der Waals surface area (Å²) in [6.07, 6.45) is 8.16. The van der Waals surface area contributed by atoms with Gasteiger partial charge in [0.15, 0.2) is 5.82 Å². The number of ether oxygens (including phenoxy) is 1. The highest BCUT2D eigenvalue weighted by Gasteiger charge is 2.37. The van der Waals surface area contributed by atoms with Crippen LogP contribution in [0.2, 0.25) is 0 Å². The Kier molecular flexibility index (Phi) is 8.45. The van der Waals surface area contributed by atoms with E-state index in [1.165, 1.54) is 22.3 Å². The predicted molar refractivity (Wildman–Crippen MR) is 245 cm³/mol. The van der Waals surface area contributed by atoms with E-state index < -0.39 is 0 Å². The largest absolute Gasteiger partial charge is 0.456 e. The first-order valence-electron chi connectivity index (χ1n) is 20.4. The van der Waals surface area contributed by atoms with E-state index in [1.807, 2.05) is 30.5 Å². The summed E-state index contributed by atoms with van der Waals surface area (Å²) in [6, 6.07) is 61.9. The topological polar surface area (TPSA) is 47.9 Å². The van der Waals surface area contributed by atoms with E-state index in [0.717, 1.165) is 84.1 Å². The highest BCUT2D eigenvalue weighted by molar-refractivity contribution is 5.94. The van der Waals surface area contributed by atoms with E-state index in [4.69, 9.17) is 14.7 Å². The van der Waals surface area contributed by atoms with Crippen LogP contribution in [-0.4, -0.2) is 15.0 Å². The van der Waals surface area contributed by atoms with E-state index >= 15 is 0 Å². The Bertz CT molecular complexity index is 3130. The highest BCUT2D eigenvalue weighted by Crippen LogP contribution is 2.53. The molecule has 7 aromatic carbocycles. The van der Waals surface area contributed by atoms with Crippen LogP contribution in [0.4, 0.5) is 0 Å². The minimum Gasteiger partial charge on any atom is -0.456 e. The third kappa shape index (κ3) is 6.13. The zero-order valence-electron chi connectivity index (χ0n) is 33.3. The van der Waals surface area contributed by atoms with Gasteiger partial charge in [0.1, 0.15) is 11.5 Å². The van der Waals surface area contributed by atoms with Gasteiger partial charge in [0.2, 0.25) is 0 Å². The average Bonchev–Trinajstić information content (AvgIpc) is 3.52. The Labute approximate surface area is 350 Å². The molecule has 0 spiro atoms. The quantitative estimate of drug-likeness (QED) is 0.179. The molecule has 1 aliphatic carbocycles. The van der Waals surface area contributed by atoms with Crippen molar-refractivity contribution in [3.63, 3.8) is 0 Å². The van der Waals surface area contributed by atoms with Crippen LogP contribution in [0.25, 0.3) is 90.6 Å². The normalized spacial score (nSPS) is 13.6. The summed E-state index contributed by atoms with van der Waals surface area (Å²) in [4.78, 5) is 14.7. The van der Waals surface area contributed by atoms with Crippen LogP contribution in [0.1, 0.15) is 36.1 Å². The molecule has 60 heavy (non-hydrogen) atoms. The van der Waals surface area contributed by atoms with Gasteiger partial charge in [-0.15, -0.1) is 0 Å². The second-order valence-corrected chi connectivity index (χ2v) is 16.0. The molecular formula is C56H39N3O. The monoisotopic (exact) mass is 769 g/mol. The first-order chi connectivity index (χ1) is 29.5. The minimum atomic E-state index is -0.200. The molecule has 3 heterocycles. The zero-order valence-corrected chi connectivity index (χ0v) is 33.3. The first-order valence-corrected chi connectivity index (χ1v) is 20.4. The van der Waals surface area contributed by atoms with Crippen LogP contribution < -0.4 is 4.74 Å². The number of hydrogen-bond donors (Lipinski definition) is 0. The molecule has 0 fully saturated rings. The van der Waals surface area contributed by atoms with Gasteiger partial charge in [-0.1, -0.05) is 166 Å². The summed E-state index contributed by atoms with van der Waals surface area (Å²) >= 11 is 0. The zero-order chi connectivity index (χ0) is 40.2. The second-order valence-electron chi connectivity index (χ2n) is 16.0. The Morgan fingerprint density at radius 3 is 1.85 bits per heavy atom. The molecule has 11 rings (SSSR count). The molecule has 0 saturated carbocycles. The van der Waals surface area contributed by atoms with Crippen molar-refractivity contribution >= 4 is 12.2 Å². The molecule has 0 atom stereocenters. The van der Waals surface area contributed by atoms with E-state index in [9.17, 15) is 0 Å². The second kappa shape index (κ2) is 14.3. The summed E-state index contributed by atoms with van der Waals surface area (Å²) in [5, 5.41) is 0. The van der Waals surface area contributed by atoms with Crippen molar-refractivity contribution in [1.82, 2.24) is 15.0 Å². The minimum absolute atomic E-state index is 0.200. The number of para-hydroxylation sites is 1. The Morgan fingerprint density at radius 2 is 1.05 bits per heavy atom. The number of aromatic nitrogens is 3. The highest BCUT2D eigenvalue weighted by atomic mass is 16.5. The maximum Gasteiger partial charge on any atom is 0.160 e. The Balaban J connectivity index is 1.13. The fourth-order valence-corrected chi connectivity index (χ4v) is 8.91. The summed E-state index contributed by atoms with van der Waals surface area (Å²) < 4.78 is 7.19. The third-order valence-electron chi connectivity index (χ3n) is 12.1. The summed E-state index contributed by atoms with van der Waals surface area (Å²) in [6.45, 7) is 4.63. The molecular weight excluding hydrogens is 731 g/mol. The summed E-state index contributed by atoms with van der Waals surface area (Å²) in [5.74, 6) is 2.30. The Hall–Kier alpha value is -7.69. The first kappa shape index (κ1) is 35.5. The van der Waals surface area contributed by atoms with Gasteiger partial charge in [-0.2, -0.15) is 0 Å². The van der Waals surface area contributed by atoms with Gasteiger partial charge < -0.3 is 4.74 Å². The van der Waals surface area contributed by atoms with Crippen molar-refractivity contribution in [2.45, 2.75) is 19.3 Å². The fraction of sp³-hybridized carbons (Fsp3) is 0.0536. The van der Waals surface area contributed by atoms with Crippen molar-refractivity contribution in [2.24, 2.45) is 0 Å². The van der Waals surface area contributed by atoms with Crippen molar-refractivity contribution in [1.29, 1.82) is 0 Å². The molecule has 2 aliphatic rings. The molecule has 0 unspecified atom stereocenters. The van der Waals surface area contributed by atoms with E-state index in [1.54, 1.807) is 6.20 Å². The fourth-order valence-electron chi connectivity index (χ4n) is 8.91. The van der Waals surface area contributed by atoms with Crippen LogP contribution >= 0.6 is 0 Å². The van der Waals surface area contributed by atoms with Crippen LogP contribution in [0.3, 0.4) is 0 Å². The van der Waals surface area contributed by atoms with Gasteiger partial charge in [-0.3, -0.25) is 4.98 Å². The lowest BCUT2D eigenvalue weighted by Crippen LogP contribution is -2.15. The third-order valence-corrected chi connectivity index (χ3v) is 12.1. The van der Waals surface area contributed by atoms with Crippen molar-refractivity contribution in [3.8, 4) is 89.9 Å². The van der Waals surface area contributed by atoms with Crippen molar-refractivity contribution in [2.75, 3.05) is 0 Å². The van der Waals surface area contributed by atoms with Crippen LogP contribution in [0.15, 0.2) is 188 Å². The van der Waals surface area contributed by atoms with Gasteiger partial charge in [0.05, 0.1) is 11.4 Å². The Morgan fingerprint density at radius 1 is 0.400 bits per heavy atom. The van der Waals surface area contributed by atoms with Crippen LogP contribution in [0.5, 0.6) is 11.5 Å². The lowest BCUT2D eigenvalue weighted by Gasteiger charge is -2.23. The lowest BCUT2D eigenvalue weighted by molar-refractivity contribution is 0.484. The molecule has 0 saturated heterocycles. The number of rotatable bonds is 4. The molecule has 0 N–H and O–H groups in total. The summed E-state index contributed by atoms with van der Waals surface area (Å²) in [5.41, 5.74) is 18.1. The lowest BCUT2D eigenvalue weighted by atomic mass is 9.81. The van der Waals surface area contributed by atoms with Gasteiger partial charge in [0, 0.05) is 45.6 Å². The maximum atomic E-state index is 7.19. The van der Waals surface area contributed by atoms with E-state index in [2.05, 4.69) is 183 Å². The molecule has 0 bridgehead atoms. The standard InChI is InChI=1S/C56H39N3O/c1-56(2)49-20-10-8-18-44(49)47-32-48-46-31-41(29-26-38(46)25-24-37-13-6-7-17-43(37)45-19-9-11-21-53(45)60-54(48)33-50(47)56)52-34-51(58-55(59-52)40-14-4-3-5-15-40)39-27-22-36(23-28-39)42-16-12-30-57-35-42/h3-35H,1-2H3/b25-24-. The van der Waals surface area contributed by atoms with Crippen molar-refractivity contribution < 1.29 is 4.74 Å². The molecule has 9 aromatic rings. The molecule has 284 valence electrons. The smallest absolute Gasteiger partial charge is 0.160 e. The maximum absolute atomic E-state index is 7.19. The van der Waals surface area contributed by atoms with E-state index in [0.29, 0.717) is 5.82 Å². The molecule has 2 aromatic heterocycles. The number of hydrogen-bond acceptors (Lipinski definition) is 4. The van der Waals surface area contributed by atoms with Crippen LogP contribution in [0, 0.1) is 0 Å². The molecule has 4 heteroatoms. The van der Waals surface area contributed by atoms with Gasteiger partial charge in [-0.25, -0.2) is 9.97 Å². The number of nitrogens with zero attached hydrogens (tertiary/aromatic N) is 3. The summed E-state index contributed by atoms with van der Waals surface area (Å²) in [7, 11) is 0. The van der Waals surface area contributed by atoms with Gasteiger partial charge >= 0.3 is 0 Å². The average molecular weight is 770 g/mol. The van der Waals surface area contributed by atoms with E-state index in [-0.39, 0.29) is 5.41 Å². The SMILES string of the molecule is CC1(C)c2ccccc2-c2cc3c(cc21)Oc1ccccc1-c1ccccc1/C=C\c1ccc(-c2cc(-c4ccc(-c5cccnc5)cc4)nc(-c4ccccc4)n2)cc1-3. The number of pyridine rings is 1. The molecule has 0 amide bonds.